The molecule has 2 N–H and O–H groups in total. The minimum atomic E-state index is -0.156. The van der Waals surface area contributed by atoms with E-state index in [2.05, 4.69) is 34.9 Å². The third-order valence-corrected chi connectivity index (χ3v) is 3.70. The zero-order valence-electron chi connectivity index (χ0n) is 13.5. The molecule has 0 heterocycles. The van der Waals surface area contributed by atoms with Crippen LogP contribution in [0.25, 0.3) is 0 Å². The van der Waals surface area contributed by atoms with Crippen molar-refractivity contribution in [3.8, 4) is 0 Å². The van der Waals surface area contributed by atoms with Crippen LogP contribution in [0, 0.1) is 0 Å². The van der Waals surface area contributed by atoms with Crippen LogP contribution in [-0.4, -0.2) is 32.8 Å². The monoisotopic (exact) mass is 312 g/mol. The highest BCUT2D eigenvalue weighted by molar-refractivity contribution is 5.73. The SMILES string of the molecule is COCCNC(=O)NCC(Cc1ccccc1)c1ccccc1. The van der Waals surface area contributed by atoms with Crippen LogP contribution in [0.5, 0.6) is 0 Å². The topological polar surface area (TPSA) is 50.4 Å². The molecule has 0 spiro atoms. The van der Waals surface area contributed by atoms with Crippen molar-refractivity contribution in [3.63, 3.8) is 0 Å². The molecule has 0 fully saturated rings. The van der Waals surface area contributed by atoms with E-state index in [1.165, 1.54) is 11.1 Å². The maximum Gasteiger partial charge on any atom is 0.314 e. The normalized spacial score (nSPS) is 11.7. The smallest absolute Gasteiger partial charge is 0.314 e. The van der Waals surface area contributed by atoms with Crippen LogP contribution >= 0.6 is 0 Å². The van der Waals surface area contributed by atoms with Gasteiger partial charge in [0.25, 0.3) is 0 Å². The zero-order valence-corrected chi connectivity index (χ0v) is 13.5. The van der Waals surface area contributed by atoms with Crippen LogP contribution in [0.3, 0.4) is 0 Å². The van der Waals surface area contributed by atoms with E-state index in [9.17, 15) is 4.79 Å². The minimum Gasteiger partial charge on any atom is -0.383 e. The molecule has 0 radical (unpaired) electrons. The summed E-state index contributed by atoms with van der Waals surface area (Å²) in [5.41, 5.74) is 2.50. The number of urea groups is 1. The van der Waals surface area contributed by atoms with Crippen molar-refractivity contribution >= 4 is 6.03 Å². The highest BCUT2D eigenvalue weighted by atomic mass is 16.5. The molecule has 0 aliphatic rings. The largest absolute Gasteiger partial charge is 0.383 e. The Labute approximate surface area is 137 Å². The predicted molar refractivity (Wildman–Crippen MR) is 92.6 cm³/mol. The van der Waals surface area contributed by atoms with Crippen molar-refractivity contribution in [2.24, 2.45) is 0 Å². The average molecular weight is 312 g/mol. The Bertz CT molecular complexity index is 572. The van der Waals surface area contributed by atoms with E-state index >= 15 is 0 Å². The third-order valence-electron chi connectivity index (χ3n) is 3.70. The fourth-order valence-electron chi connectivity index (χ4n) is 2.48. The fraction of sp³-hybridized carbons (Fsp3) is 0.316. The lowest BCUT2D eigenvalue weighted by Crippen LogP contribution is -2.39. The Kier molecular flexibility index (Phi) is 7.14. The predicted octanol–water partition coefficient (Wildman–Crippen LogP) is 2.96. The summed E-state index contributed by atoms with van der Waals surface area (Å²) in [5, 5.41) is 5.73. The molecule has 2 amide bonds. The molecule has 2 rings (SSSR count). The van der Waals surface area contributed by atoms with Crippen LogP contribution < -0.4 is 10.6 Å². The number of hydrogen-bond acceptors (Lipinski definition) is 2. The van der Waals surface area contributed by atoms with Crippen LogP contribution in [-0.2, 0) is 11.2 Å². The molecule has 1 atom stereocenters. The Morgan fingerprint density at radius 1 is 1.00 bits per heavy atom. The number of amides is 2. The Morgan fingerprint density at radius 3 is 2.30 bits per heavy atom. The van der Waals surface area contributed by atoms with Crippen molar-refractivity contribution in [3.05, 3.63) is 71.8 Å². The molecular formula is C19H24N2O2. The van der Waals surface area contributed by atoms with Gasteiger partial charge in [-0.1, -0.05) is 60.7 Å². The number of carbonyl (C=O) groups is 1. The van der Waals surface area contributed by atoms with Crippen LogP contribution in [0.1, 0.15) is 17.0 Å². The molecule has 0 bridgehead atoms. The first kappa shape index (κ1) is 17.0. The van der Waals surface area contributed by atoms with Gasteiger partial charge in [0.05, 0.1) is 6.61 Å². The standard InChI is InChI=1S/C19H24N2O2/c1-23-13-12-20-19(22)21-15-18(17-10-6-3-7-11-17)14-16-8-4-2-5-9-16/h2-11,18H,12-15H2,1H3,(H2,20,21,22). The second-order valence-electron chi connectivity index (χ2n) is 5.43. The van der Waals surface area contributed by atoms with Gasteiger partial charge in [-0.3, -0.25) is 0 Å². The molecule has 1 unspecified atom stereocenters. The molecule has 0 aliphatic carbocycles. The number of carbonyl (C=O) groups excluding carboxylic acids is 1. The van der Waals surface area contributed by atoms with E-state index in [1.54, 1.807) is 7.11 Å². The summed E-state index contributed by atoms with van der Waals surface area (Å²) >= 11 is 0. The molecule has 0 aromatic heterocycles. The molecule has 0 aliphatic heterocycles. The summed E-state index contributed by atoms with van der Waals surface area (Å²) in [6, 6.07) is 20.5. The van der Waals surface area contributed by atoms with Crippen molar-refractivity contribution < 1.29 is 9.53 Å². The number of benzene rings is 2. The molecule has 4 heteroatoms. The van der Waals surface area contributed by atoms with Gasteiger partial charge in [0.2, 0.25) is 0 Å². The molecule has 2 aromatic rings. The van der Waals surface area contributed by atoms with E-state index in [0.29, 0.717) is 19.7 Å². The molecule has 2 aromatic carbocycles. The average Bonchev–Trinajstić information content (AvgIpc) is 2.60. The summed E-state index contributed by atoms with van der Waals surface area (Å²) in [4.78, 5) is 11.8. The number of ether oxygens (including phenoxy) is 1. The van der Waals surface area contributed by atoms with Crippen LogP contribution in [0.15, 0.2) is 60.7 Å². The van der Waals surface area contributed by atoms with Gasteiger partial charge >= 0.3 is 6.03 Å². The molecule has 23 heavy (non-hydrogen) atoms. The van der Waals surface area contributed by atoms with Gasteiger partial charge in [-0.05, 0) is 17.5 Å². The van der Waals surface area contributed by atoms with Crippen LogP contribution in [0.4, 0.5) is 4.79 Å². The van der Waals surface area contributed by atoms with E-state index < -0.39 is 0 Å². The minimum absolute atomic E-state index is 0.156. The number of nitrogens with one attached hydrogen (secondary N) is 2. The lowest BCUT2D eigenvalue weighted by atomic mass is 9.92. The summed E-state index contributed by atoms with van der Waals surface area (Å²) in [6.45, 7) is 1.62. The van der Waals surface area contributed by atoms with Gasteiger partial charge in [-0.25, -0.2) is 4.79 Å². The molecule has 0 saturated heterocycles. The van der Waals surface area contributed by atoms with E-state index in [-0.39, 0.29) is 11.9 Å². The second-order valence-corrected chi connectivity index (χ2v) is 5.43. The van der Waals surface area contributed by atoms with Crippen molar-refractivity contribution in [2.75, 3.05) is 26.8 Å². The first-order valence-corrected chi connectivity index (χ1v) is 7.89. The van der Waals surface area contributed by atoms with Gasteiger partial charge in [0.1, 0.15) is 0 Å². The van der Waals surface area contributed by atoms with E-state index in [0.717, 1.165) is 6.42 Å². The first-order chi connectivity index (χ1) is 11.3. The van der Waals surface area contributed by atoms with Gasteiger partial charge in [-0.2, -0.15) is 0 Å². The molecule has 122 valence electrons. The first-order valence-electron chi connectivity index (χ1n) is 7.89. The molecule has 0 saturated carbocycles. The van der Waals surface area contributed by atoms with Crippen LogP contribution in [0.2, 0.25) is 0 Å². The van der Waals surface area contributed by atoms with Gasteiger partial charge < -0.3 is 15.4 Å². The third kappa shape index (κ3) is 6.12. The van der Waals surface area contributed by atoms with Gasteiger partial charge in [-0.15, -0.1) is 0 Å². The highest BCUT2D eigenvalue weighted by Crippen LogP contribution is 2.20. The lowest BCUT2D eigenvalue weighted by Gasteiger charge is -2.18. The summed E-state index contributed by atoms with van der Waals surface area (Å²) in [6.07, 6.45) is 0.892. The number of hydrogen-bond donors (Lipinski definition) is 2. The quantitative estimate of drug-likeness (QED) is 0.736. The summed E-state index contributed by atoms with van der Waals surface area (Å²) in [7, 11) is 1.62. The Balaban J connectivity index is 1.95. The maximum atomic E-state index is 11.8. The van der Waals surface area contributed by atoms with Crippen molar-refractivity contribution in [1.29, 1.82) is 0 Å². The zero-order chi connectivity index (χ0) is 16.3. The van der Waals surface area contributed by atoms with Crippen molar-refractivity contribution in [1.82, 2.24) is 10.6 Å². The van der Waals surface area contributed by atoms with E-state index in [4.69, 9.17) is 4.74 Å². The Hall–Kier alpha value is -2.33. The summed E-state index contributed by atoms with van der Waals surface area (Å²) in [5.74, 6) is 0.242. The Morgan fingerprint density at radius 2 is 1.65 bits per heavy atom. The number of rotatable bonds is 8. The van der Waals surface area contributed by atoms with Gasteiger partial charge in [0.15, 0.2) is 0 Å². The fourth-order valence-corrected chi connectivity index (χ4v) is 2.48. The van der Waals surface area contributed by atoms with Gasteiger partial charge in [0, 0.05) is 26.1 Å². The summed E-state index contributed by atoms with van der Waals surface area (Å²) < 4.78 is 4.92. The second kappa shape index (κ2) is 9.64. The highest BCUT2D eigenvalue weighted by Gasteiger charge is 2.13. The maximum absolute atomic E-state index is 11.8. The molecule has 4 nitrogen and oxygen atoms in total. The lowest BCUT2D eigenvalue weighted by molar-refractivity contribution is 0.195. The van der Waals surface area contributed by atoms with Crippen molar-refractivity contribution in [2.45, 2.75) is 12.3 Å². The molecular weight excluding hydrogens is 288 g/mol. The van der Waals surface area contributed by atoms with E-state index in [1.807, 2.05) is 36.4 Å². The number of methoxy groups -OCH3 is 1.